The molecule has 238 valence electrons. The number of nitrogens with one attached hydrogen (secondary N) is 3. The van der Waals surface area contributed by atoms with Gasteiger partial charge in [0.05, 0.1) is 11.1 Å². The summed E-state index contributed by atoms with van der Waals surface area (Å²) in [5, 5.41) is 9.85. The number of furan rings is 1. The predicted molar refractivity (Wildman–Crippen MR) is 170 cm³/mol. The molecule has 4 aromatic rings. The molecule has 47 heavy (non-hydrogen) atoms. The molecule has 3 N–H and O–H groups in total. The fraction of sp³-hybridized carbons (Fsp3) is 0.333. The second-order valence-electron chi connectivity index (χ2n) is 13.3. The SMILES string of the molecule is O=C1CCC(N2C(=O)c3cccc(NCC4CC5(CC(=O)NC(c6cccnc6)c6cc7ccccc7o6)CC4C5)c3C2=O)C(=O)N1. The number of hydrogen-bond donors (Lipinski definition) is 3. The molecular formula is C36H33N5O6. The number of piperidine rings is 1. The van der Waals surface area contributed by atoms with Crippen LogP contribution in [0.2, 0.25) is 0 Å². The van der Waals surface area contributed by atoms with Gasteiger partial charge in [-0.3, -0.25) is 39.2 Å². The van der Waals surface area contributed by atoms with Gasteiger partial charge < -0.3 is 15.1 Å². The van der Waals surface area contributed by atoms with Gasteiger partial charge in [-0.2, -0.15) is 0 Å². The lowest BCUT2D eigenvalue weighted by Crippen LogP contribution is -2.54. The van der Waals surface area contributed by atoms with E-state index < -0.39 is 35.7 Å². The van der Waals surface area contributed by atoms with Crippen LogP contribution in [0.4, 0.5) is 5.69 Å². The van der Waals surface area contributed by atoms with Crippen molar-refractivity contribution in [2.24, 2.45) is 17.3 Å². The molecule has 3 saturated carbocycles. The van der Waals surface area contributed by atoms with Crippen molar-refractivity contribution in [2.45, 2.75) is 50.6 Å². The molecule has 2 aromatic heterocycles. The van der Waals surface area contributed by atoms with Crippen LogP contribution < -0.4 is 16.0 Å². The molecule has 11 heteroatoms. The van der Waals surface area contributed by atoms with E-state index in [0.717, 1.165) is 40.7 Å². The fourth-order valence-electron chi connectivity index (χ4n) is 8.20. The van der Waals surface area contributed by atoms with Gasteiger partial charge in [0.2, 0.25) is 17.7 Å². The Balaban J connectivity index is 0.928. The summed E-state index contributed by atoms with van der Waals surface area (Å²) in [4.78, 5) is 69.6. The summed E-state index contributed by atoms with van der Waals surface area (Å²) in [5.74, 6) is -0.697. The summed E-state index contributed by atoms with van der Waals surface area (Å²) < 4.78 is 6.15. The molecule has 2 aromatic carbocycles. The molecule has 2 aliphatic heterocycles. The van der Waals surface area contributed by atoms with Crippen molar-refractivity contribution in [1.82, 2.24) is 20.5 Å². The van der Waals surface area contributed by atoms with Gasteiger partial charge in [0.1, 0.15) is 23.4 Å². The zero-order valence-corrected chi connectivity index (χ0v) is 25.5. The van der Waals surface area contributed by atoms with E-state index in [0.29, 0.717) is 36.2 Å². The summed E-state index contributed by atoms with van der Waals surface area (Å²) in [6.07, 6.45) is 6.84. The van der Waals surface area contributed by atoms with Gasteiger partial charge >= 0.3 is 0 Å². The van der Waals surface area contributed by atoms with Crippen LogP contribution in [0.25, 0.3) is 11.0 Å². The minimum absolute atomic E-state index is 0.0371. The van der Waals surface area contributed by atoms with E-state index in [4.69, 9.17) is 4.42 Å². The summed E-state index contributed by atoms with van der Waals surface area (Å²) in [5.41, 5.74) is 2.58. The number of fused-ring (bicyclic) bond motifs is 3. The fourth-order valence-corrected chi connectivity index (χ4v) is 8.20. The van der Waals surface area contributed by atoms with E-state index >= 15 is 0 Å². The molecule has 0 spiro atoms. The van der Waals surface area contributed by atoms with Crippen LogP contribution in [0.1, 0.15) is 76.6 Å². The van der Waals surface area contributed by atoms with Crippen LogP contribution in [0.3, 0.4) is 0 Å². The minimum Gasteiger partial charge on any atom is -0.459 e. The van der Waals surface area contributed by atoms with Crippen LogP contribution in [0, 0.1) is 17.3 Å². The number of carbonyl (C=O) groups is 5. The Morgan fingerprint density at radius 2 is 1.87 bits per heavy atom. The largest absolute Gasteiger partial charge is 0.459 e. The molecule has 3 unspecified atom stereocenters. The number of rotatable bonds is 9. The van der Waals surface area contributed by atoms with Crippen molar-refractivity contribution in [1.29, 1.82) is 0 Å². The highest BCUT2D eigenvalue weighted by Gasteiger charge is 2.56. The molecular weight excluding hydrogens is 598 g/mol. The zero-order chi connectivity index (χ0) is 32.3. The van der Waals surface area contributed by atoms with Gasteiger partial charge in [-0.1, -0.05) is 30.3 Å². The molecule has 5 amide bonds. The number of carbonyl (C=O) groups excluding carboxylic acids is 5. The molecule has 2 bridgehead atoms. The Morgan fingerprint density at radius 3 is 2.66 bits per heavy atom. The van der Waals surface area contributed by atoms with E-state index in [2.05, 4.69) is 20.9 Å². The Hall–Kier alpha value is -5.32. The predicted octanol–water partition coefficient (Wildman–Crippen LogP) is 4.35. The van der Waals surface area contributed by atoms with E-state index in [1.165, 1.54) is 0 Å². The maximum absolute atomic E-state index is 13.6. The van der Waals surface area contributed by atoms with Crippen LogP contribution in [-0.2, 0) is 14.4 Å². The second kappa shape index (κ2) is 11.2. The third-order valence-electron chi connectivity index (χ3n) is 10.4. The van der Waals surface area contributed by atoms with Crippen LogP contribution >= 0.6 is 0 Å². The molecule has 1 saturated heterocycles. The Labute approximate surface area is 270 Å². The lowest BCUT2D eigenvalue weighted by Gasteiger charge is -2.38. The number of nitrogens with zero attached hydrogens (tertiary/aromatic N) is 2. The smallest absolute Gasteiger partial charge is 0.264 e. The van der Waals surface area contributed by atoms with Crippen molar-refractivity contribution in [3.05, 3.63) is 95.5 Å². The molecule has 4 heterocycles. The summed E-state index contributed by atoms with van der Waals surface area (Å²) >= 11 is 0. The maximum Gasteiger partial charge on any atom is 0.264 e. The summed E-state index contributed by atoms with van der Waals surface area (Å²) in [6.45, 7) is 0.599. The lowest BCUT2D eigenvalue weighted by atomic mass is 9.67. The molecule has 3 atom stereocenters. The van der Waals surface area contributed by atoms with Crippen molar-refractivity contribution in [3.8, 4) is 0 Å². The normalized spacial score (nSPS) is 25.4. The standard InChI is InChI=1S/C36H33N5O6/c42-29-11-10-26(33(44)40-29)41-34(45)24-7-3-8-25(31(24)35(41)46)38-19-23-16-36(14-22(23)15-36)17-30(43)39-32(21-6-4-12-37-18-21)28-13-20-5-1-2-9-27(20)47-28/h1-9,12-13,18,22-23,26,32,38H,10-11,14-17,19H2,(H,39,43)(H,40,42,44). The van der Waals surface area contributed by atoms with E-state index in [1.807, 2.05) is 42.5 Å². The highest BCUT2D eigenvalue weighted by Crippen LogP contribution is 2.63. The van der Waals surface area contributed by atoms with Gasteiger partial charge in [0.15, 0.2) is 0 Å². The number of anilines is 1. The first kappa shape index (κ1) is 29.1. The summed E-state index contributed by atoms with van der Waals surface area (Å²) in [6, 6.07) is 17.1. The Bertz CT molecular complexity index is 1910. The molecule has 11 nitrogen and oxygen atoms in total. The topological polar surface area (TPSA) is 151 Å². The van der Waals surface area contributed by atoms with Crippen LogP contribution in [-0.4, -0.2) is 52.0 Å². The monoisotopic (exact) mass is 631 g/mol. The van der Waals surface area contributed by atoms with Gasteiger partial charge in [0.25, 0.3) is 11.8 Å². The number of hydrogen-bond acceptors (Lipinski definition) is 8. The van der Waals surface area contributed by atoms with Crippen molar-refractivity contribution < 1.29 is 28.4 Å². The van der Waals surface area contributed by atoms with Crippen molar-refractivity contribution in [3.63, 3.8) is 0 Å². The van der Waals surface area contributed by atoms with E-state index in [-0.39, 0.29) is 35.3 Å². The van der Waals surface area contributed by atoms with E-state index in [9.17, 15) is 24.0 Å². The molecule has 0 radical (unpaired) electrons. The quantitative estimate of drug-likeness (QED) is 0.231. The van der Waals surface area contributed by atoms with Gasteiger partial charge in [-0.25, -0.2) is 0 Å². The second-order valence-corrected chi connectivity index (χ2v) is 13.3. The summed E-state index contributed by atoms with van der Waals surface area (Å²) in [7, 11) is 0. The Morgan fingerprint density at radius 1 is 1.02 bits per heavy atom. The minimum atomic E-state index is -1.01. The first-order valence-corrected chi connectivity index (χ1v) is 16.0. The molecule has 5 aliphatic rings. The lowest BCUT2D eigenvalue weighted by molar-refractivity contribution is -0.136. The maximum atomic E-state index is 13.6. The van der Waals surface area contributed by atoms with Gasteiger partial charge in [-0.15, -0.1) is 0 Å². The number of para-hydroxylation sites is 1. The van der Waals surface area contributed by atoms with E-state index in [1.54, 1.807) is 30.6 Å². The highest BCUT2D eigenvalue weighted by atomic mass is 16.3. The zero-order valence-electron chi connectivity index (χ0n) is 25.5. The first-order valence-electron chi connectivity index (χ1n) is 16.0. The van der Waals surface area contributed by atoms with Crippen LogP contribution in [0.5, 0.6) is 0 Å². The highest BCUT2D eigenvalue weighted by molar-refractivity contribution is 6.25. The third kappa shape index (κ3) is 5.06. The van der Waals surface area contributed by atoms with Crippen molar-refractivity contribution in [2.75, 3.05) is 11.9 Å². The van der Waals surface area contributed by atoms with Gasteiger partial charge in [0, 0.05) is 48.4 Å². The Kier molecular flexibility index (Phi) is 6.93. The molecule has 3 aliphatic carbocycles. The number of imide groups is 2. The first-order chi connectivity index (χ1) is 22.8. The molecule has 9 rings (SSSR count). The third-order valence-corrected chi connectivity index (χ3v) is 10.4. The number of aromatic nitrogens is 1. The average Bonchev–Trinajstić information content (AvgIpc) is 3.79. The molecule has 4 fully saturated rings. The average molecular weight is 632 g/mol. The number of pyridine rings is 1. The number of benzene rings is 2. The van der Waals surface area contributed by atoms with Gasteiger partial charge in [-0.05, 0) is 73.3 Å². The van der Waals surface area contributed by atoms with Crippen molar-refractivity contribution >= 4 is 46.2 Å². The number of amides is 5. The van der Waals surface area contributed by atoms with Crippen LogP contribution in [0.15, 0.2) is 77.5 Å².